The normalized spacial score (nSPS) is 15.2. The first-order valence-corrected chi connectivity index (χ1v) is 9.15. The van der Waals surface area contributed by atoms with Crippen LogP contribution in [-0.2, 0) is 15.9 Å². The zero-order valence-corrected chi connectivity index (χ0v) is 14.8. The van der Waals surface area contributed by atoms with E-state index < -0.39 is 0 Å². The molecule has 4 heteroatoms. The van der Waals surface area contributed by atoms with Crippen molar-refractivity contribution in [1.29, 1.82) is 0 Å². The van der Waals surface area contributed by atoms with Gasteiger partial charge in [-0.2, -0.15) is 0 Å². The van der Waals surface area contributed by atoms with Gasteiger partial charge < -0.3 is 19.1 Å². The summed E-state index contributed by atoms with van der Waals surface area (Å²) in [5.41, 5.74) is 2.62. The van der Waals surface area contributed by atoms with E-state index in [0.717, 1.165) is 51.6 Å². The molecule has 1 aliphatic heterocycles. The summed E-state index contributed by atoms with van der Waals surface area (Å²) in [5, 5.41) is 0. The lowest BCUT2D eigenvalue weighted by molar-refractivity contribution is -0.908. The van der Waals surface area contributed by atoms with Gasteiger partial charge in [0.05, 0.1) is 26.4 Å². The lowest BCUT2D eigenvalue weighted by Crippen LogP contribution is -3.14. The Morgan fingerprint density at radius 3 is 2.28 bits per heavy atom. The van der Waals surface area contributed by atoms with Crippen molar-refractivity contribution in [3.05, 3.63) is 65.7 Å². The van der Waals surface area contributed by atoms with Crippen LogP contribution in [0.4, 0.5) is 0 Å². The maximum Gasteiger partial charge on any atom is 0.119 e. The molecule has 134 valence electrons. The van der Waals surface area contributed by atoms with Crippen LogP contribution in [0.3, 0.4) is 0 Å². The Morgan fingerprint density at radius 2 is 1.52 bits per heavy atom. The molecule has 1 N–H and O–H groups in total. The maximum absolute atomic E-state index is 5.75. The fraction of sp³-hybridized carbons (Fsp3) is 0.429. The second-order valence-corrected chi connectivity index (χ2v) is 6.38. The van der Waals surface area contributed by atoms with E-state index in [1.54, 1.807) is 4.90 Å². The molecule has 25 heavy (non-hydrogen) atoms. The molecule has 2 aromatic rings. The summed E-state index contributed by atoms with van der Waals surface area (Å²) >= 11 is 0. The van der Waals surface area contributed by atoms with Gasteiger partial charge in [-0.3, -0.25) is 0 Å². The molecule has 1 heterocycles. The third kappa shape index (κ3) is 6.50. The molecule has 4 nitrogen and oxygen atoms in total. The summed E-state index contributed by atoms with van der Waals surface area (Å²) in [6, 6.07) is 18.8. The molecule has 1 saturated heterocycles. The monoisotopic (exact) mass is 342 g/mol. The van der Waals surface area contributed by atoms with Crippen molar-refractivity contribution >= 4 is 0 Å². The van der Waals surface area contributed by atoms with Crippen LogP contribution in [0.1, 0.15) is 11.1 Å². The topological polar surface area (TPSA) is 32.1 Å². The Hall–Kier alpha value is -1.88. The fourth-order valence-corrected chi connectivity index (χ4v) is 2.98. The van der Waals surface area contributed by atoms with Crippen LogP contribution in [0.25, 0.3) is 0 Å². The van der Waals surface area contributed by atoms with Gasteiger partial charge in [-0.05, 0) is 29.7 Å². The Kier molecular flexibility index (Phi) is 7.31. The Labute approximate surface area is 150 Å². The van der Waals surface area contributed by atoms with Gasteiger partial charge in [-0.15, -0.1) is 0 Å². The van der Waals surface area contributed by atoms with E-state index in [1.165, 1.54) is 11.1 Å². The lowest BCUT2D eigenvalue weighted by Gasteiger charge is -2.23. The van der Waals surface area contributed by atoms with Crippen LogP contribution in [-0.4, -0.2) is 52.7 Å². The van der Waals surface area contributed by atoms with E-state index in [0.29, 0.717) is 13.2 Å². The molecule has 0 atom stereocenters. The fourth-order valence-electron chi connectivity index (χ4n) is 2.98. The van der Waals surface area contributed by atoms with Gasteiger partial charge in [-0.25, -0.2) is 0 Å². The minimum absolute atomic E-state index is 0.594. The number of quaternary nitrogens is 1. The van der Waals surface area contributed by atoms with E-state index in [4.69, 9.17) is 14.2 Å². The predicted molar refractivity (Wildman–Crippen MR) is 98.4 cm³/mol. The zero-order valence-electron chi connectivity index (χ0n) is 14.8. The summed E-state index contributed by atoms with van der Waals surface area (Å²) in [5.74, 6) is 0.902. The quantitative estimate of drug-likeness (QED) is 0.703. The van der Waals surface area contributed by atoms with Gasteiger partial charge in [0.25, 0.3) is 0 Å². The number of ether oxygens (including phenoxy) is 3. The standard InChI is InChI=1S/C21H27NO3/c1-2-4-19(5-3-1)18-20-6-8-21(9-7-20)25-17-16-24-15-12-22-10-13-23-14-11-22/h1-9H,10-18H2/p+1. The summed E-state index contributed by atoms with van der Waals surface area (Å²) in [6.07, 6.45) is 0.952. The highest BCUT2D eigenvalue weighted by Crippen LogP contribution is 2.15. The predicted octanol–water partition coefficient (Wildman–Crippen LogP) is 1.59. The molecular weight excluding hydrogens is 314 g/mol. The molecule has 2 aromatic carbocycles. The third-order valence-electron chi connectivity index (χ3n) is 4.47. The number of benzene rings is 2. The van der Waals surface area contributed by atoms with Crippen LogP contribution in [0, 0.1) is 0 Å². The highest BCUT2D eigenvalue weighted by Gasteiger charge is 2.12. The first kappa shape index (κ1) is 17.9. The summed E-state index contributed by atoms with van der Waals surface area (Å²) in [6.45, 7) is 7.00. The minimum atomic E-state index is 0.594. The van der Waals surface area contributed by atoms with Crippen LogP contribution in [0.5, 0.6) is 5.75 Å². The molecule has 0 unspecified atom stereocenters. The van der Waals surface area contributed by atoms with Crippen LogP contribution in [0.2, 0.25) is 0 Å². The van der Waals surface area contributed by atoms with Crippen molar-refractivity contribution in [2.24, 2.45) is 0 Å². The van der Waals surface area contributed by atoms with Gasteiger partial charge >= 0.3 is 0 Å². The summed E-state index contributed by atoms with van der Waals surface area (Å²) in [7, 11) is 0. The summed E-state index contributed by atoms with van der Waals surface area (Å²) < 4.78 is 16.8. The van der Waals surface area contributed by atoms with Gasteiger partial charge in [0.15, 0.2) is 0 Å². The smallest absolute Gasteiger partial charge is 0.119 e. The third-order valence-corrected chi connectivity index (χ3v) is 4.47. The van der Waals surface area contributed by atoms with Gasteiger partial charge in [0.1, 0.15) is 32.0 Å². The highest BCUT2D eigenvalue weighted by molar-refractivity contribution is 5.31. The van der Waals surface area contributed by atoms with Crippen molar-refractivity contribution in [1.82, 2.24) is 0 Å². The van der Waals surface area contributed by atoms with E-state index >= 15 is 0 Å². The van der Waals surface area contributed by atoms with Crippen molar-refractivity contribution in [2.75, 3.05) is 52.7 Å². The molecule has 0 amide bonds. The highest BCUT2D eigenvalue weighted by atomic mass is 16.5. The first-order valence-electron chi connectivity index (χ1n) is 9.15. The van der Waals surface area contributed by atoms with Gasteiger partial charge in [0, 0.05) is 0 Å². The van der Waals surface area contributed by atoms with Crippen LogP contribution < -0.4 is 9.64 Å². The van der Waals surface area contributed by atoms with E-state index in [9.17, 15) is 0 Å². The summed E-state index contributed by atoms with van der Waals surface area (Å²) in [4.78, 5) is 1.57. The van der Waals surface area contributed by atoms with Gasteiger partial charge in [-0.1, -0.05) is 42.5 Å². The molecule has 1 aliphatic rings. The molecule has 0 aliphatic carbocycles. The second-order valence-electron chi connectivity index (χ2n) is 6.38. The SMILES string of the molecule is c1ccc(Cc2ccc(OCCOCC[NH+]3CCOCC3)cc2)cc1. The van der Waals surface area contributed by atoms with E-state index in [1.807, 2.05) is 18.2 Å². The molecule has 1 fully saturated rings. The maximum atomic E-state index is 5.75. The number of rotatable bonds is 9. The second kappa shape index (κ2) is 10.2. The van der Waals surface area contributed by atoms with Crippen molar-refractivity contribution in [3.8, 4) is 5.75 Å². The Bertz CT molecular complexity index is 594. The minimum Gasteiger partial charge on any atom is -0.491 e. The molecule has 0 bridgehead atoms. The average Bonchev–Trinajstić information content (AvgIpc) is 2.67. The van der Waals surface area contributed by atoms with Crippen molar-refractivity contribution < 1.29 is 19.1 Å². The zero-order chi connectivity index (χ0) is 17.2. The Balaban J connectivity index is 1.29. The largest absolute Gasteiger partial charge is 0.491 e. The van der Waals surface area contributed by atoms with E-state index in [-0.39, 0.29) is 0 Å². The van der Waals surface area contributed by atoms with Crippen molar-refractivity contribution in [3.63, 3.8) is 0 Å². The molecular formula is C21H28NO3+. The first-order chi connectivity index (χ1) is 12.4. The number of hydrogen-bond acceptors (Lipinski definition) is 3. The van der Waals surface area contributed by atoms with Crippen LogP contribution >= 0.6 is 0 Å². The molecule has 0 aromatic heterocycles. The average molecular weight is 342 g/mol. The molecule has 0 saturated carbocycles. The van der Waals surface area contributed by atoms with Crippen LogP contribution in [0.15, 0.2) is 54.6 Å². The Morgan fingerprint density at radius 1 is 0.800 bits per heavy atom. The van der Waals surface area contributed by atoms with Crippen molar-refractivity contribution in [2.45, 2.75) is 6.42 Å². The van der Waals surface area contributed by atoms with Gasteiger partial charge in [0.2, 0.25) is 0 Å². The number of hydrogen-bond donors (Lipinski definition) is 1. The van der Waals surface area contributed by atoms with E-state index in [2.05, 4.69) is 36.4 Å². The molecule has 3 rings (SSSR count). The molecule has 0 radical (unpaired) electrons. The lowest BCUT2D eigenvalue weighted by atomic mass is 10.1. The number of morpholine rings is 1. The number of nitrogens with one attached hydrogen (secondary N) is 1. The molecule has 0 spiro atoms.